The van der Waals surface area contributed by atoms with Crippen molar-refractivity contribution in [2.75, 3.05) is 39.1 Å². The first-order valence-corrected chi connectivity index (χ1v) is 11.6. The molecule has 146 valence electrons. The summed E-state index contributed by atoms with van der Waals surface area (Å²) in [5.74, 6) is -0.151. The number of ether oxygens (including phenoxy) is 1. The van der Waals surface area contributed by atoms with Gasteiger partial charge in [-0.25, -0.2) is 0 Å². The molecule has 0 saturated carbocycles. The number of esters is 1. The van der Waals surface area contributed by atoms with Crippen molar-refractivity contribution >= 4 is 72.9 Å². The van der Waals surface area contributed by atoms with Gasteiger partial charge in [-0.2, -0.15) is 0 Å². The van der Waals surface area contributed by atoms with E-state index in [1.165, 1.54) is 0 Å². The van der Waals surface area contributed by atoms with Crippen LogP contribution in [0.2, 0.25) is 0 Å². The summed E-state index contributed by atoms with van der Waals surface area (Å²) >= 11 is 19.8. The molecule has 0 aliphatic heterocycles. The molecule has 0 saturated heterocycles. The molecule has 0 aromatic rings. The Hall–Kier alpha value is 2.12. The maximum atomic E-state index is 12.4. The molecule has 2 atom stereocenters. The van der Waals surface area contributed by atoms with Crippen LogP contribution in [0.15, 0.2) is 0 Å². The van der Waals surface area contributed by atoms with Crippen LogP contribution >= 0.6 is 33.0 Å². The van der Waals surface area contributed by atoms with Crippen molar-refractivity contribution in [3.05, 3.63) is 0 Å². The molecule has 0 aliphatic carbocycles. The van der Waals surface area contributed by atoms with E-state index in [0.717, 1.165) is 27.6 Å². The third-order valence-corrected chi connectivity index (χ3v) is 5.09. The van der Waals surface area contributed by atoms with Crippen molar-refractivity contribution in [3.8, 4) is 0 Å². The van der Waals surface area contributed by atoms with Gasteiger partial charge in [-0.05, 0) is 31.1 Å². The van der Waals surface area contributed by atoms with Crippen LogP contribution in [0.3, 0.4) is 0 Å². The molecule has 0 heterocycles. The van der Waals surface area contributed by atoms with Crippen molar-refractivity contribution in [1.29, 1.82) is 0 Å². The van der Waals surface area contributed by atoms with Gasteiger partial charge in [0.25, 0.3) is 0 Å². The number of carbonyl (C=O) groups is 1. The summed E-state index contributed by atoms with van der Waals surface area (Å²) in [5, 5.41) is 2.92. The molecule has 0 aromatic heterocycles. The summed E-state index contributed by atoms with van der Waals surface area (Å²) in [6.07, 6.45) is 2.53. The molecule has 1 N–H and O–H groups in total. The van der Waals surface area contributed by atoms with Crippen LogP contribution in [0.1, 0.15) is 33.6 Å². The zero-order chi connectivity index (χ0) is 19.5. The summed E-state index contributed by atoms with van der Waals surface area (Å²) in [5.41, 5.74) is 0.107. The van der Waals surface area contributed by atoms with Crippen LogP contribution in [0.5, 0.6) is 0 Å². The molecule has 11 heteroatoms. The third kappa shape index (κ3) is 19.8. The molecule has 0 aromatic carbocycles. The van der Waals surface area contributed by atoms with Gasteiger partial charge in [-0.15, -0.1) is 8.58 Å². The summed E-state index contributed by atoms with van der Waals surface area (Å²) in [4.78, 5) is 14.2. The Bertz CT molecular complexity index is 455. The first-order chi connectivity index (χ1) is 11.6. The number of hydrogen-bond donors (Lipinski definition) is 1. The van der Waals surface area contributed by atoms with Crippen molar-refractivity contribution in [1.82, 2.24) is 10.2 Å². The number of rotatable bonds is 11. The van der Waals surface area contributed by atoms with Gasteiger partial charge in [0, 0.05) is 13.1 Å². The van der Waals surface area contributed by atoms with Crippen LogP contribution in [0.4, 0.5) is 0 Å². The van der Waals surface area contributed by atoms with E-state index in [-0.39, 0.29) is 76.4 Å². The molecule has 0 amide bonds. The number of hydrogen-bond acceptors (Lipinski definition) is 6. The molecule has 0 aliphatic rings. The van der Waals surface area contributed by atoms with E-state index in [1.807, 2.05) is 4.90 Å². The molecular formula is C16H29N2Na2O2PS4. The molecule has 0 bridgehead atoms. The predicted molar refractivity (Wildman–Crippen MR) is 122 cm³/mol. The summed E-state index contributed by atoms with van der Waals surface area (Å²) in [7, 11) is 0.736. The molecule has 0 fully saturated rings. The zero-order valence-electron chi connectivity index (χ0n) is 17.4. The van der Waals surface area contributed by atoms with E-state index in [1.54, 1.807) is 0 Å². The second kappa shape index (κ2) is 18.9. The van der Waals surface area contributed by atoms with Gasteiger partial charge in [-0.3, -0.25) is 4.79 Å². The van der Waals surface area contributed by atoms with Gasteiger partial charge in [0.1, 0.15) is 6.61 Å². The van der Waals surface area contributed by atoms with Crippen molar-refractivity contribution < 1.29 is 68.6 Å². The van der Waals surface area contributed by atoms with Gasteiger partial charge >= 0.3 is 65.1 Å². The summed E-state index contributed by atoms with van der Waals surface area (Å²) < 4.78 is 6.24. The molecule has 4 nitrogen and oxygen atoms in total. The SMILES string of the molecule is CPCC(CC(C)(C)C)C(=O)OCCN(CCCNC(=S)[S-])C(=S)[S-].[Na+].[Na+]. The van der Waals surface area contributed by atoms with E-state index in [4.69, 9.17) is 54.4 Å². The quantitative estimate of drug-likeness (QED) is 0.0821. The Labute approximate surface area is 233 Å². The van der Waals surface area contributed by atoms with Gasteiger partial charge in [0.15, 0.2) is 0 Å². The largest absolute Gasteiger partial charge is 1.00 e. The summed E-state index contributed by atoms with van der Waals surface area (Å²) in [6, 6.07) is 0. The third-order valence-electron chi connectivity index (χ3n) is 3.38. The van der Waals surface area contributed by atoms with Gasteiger partial charge in [-0.1, -0.05) is 29.4 Å². The van der Waals surface area contributed by atoms with E-state index in [2.05, 4.69) is 32.8 Å². The fraction of sp³-hybridized carbons (Fsp3) is 0.812. The Morgan fingerprint density at radius 1 is 1.22 bits per heavy atom. The van der Waals surface area contributed by atoms with Crippen molar-refractivity contribution in [2.45, 2.75) is 33.6 Å². The Balaban J connectivity index is -0.00000288. The number of nitrogens with zero attached hydrogens (tertiary/aromatic N) is 1. The van der Waals surface area contributed by atoms with Crippen LogP contribution in [-0.2, 0) is 34.8 Å². The fourth-order valence-corrected chi connectivity index (χ4v) is 3.73. The standard InChI is InChI=1S/C16H31N2O2PS4.2Na/c1-16(2,3)10-12(11-21-4)13(19)20-9-8-18(15(24)25)7-5-6-17-14(22)23;;/h12,21H,5-11H2,1-4H3,(H,24,25)(H2,17,22,23);;/q;2*+1/p-2. The Kier molecular flexibility index (Phi) is 23.6. The average Bonchev–Trinajstić information content (AvgIpc) is 2.47. The monoisotopic (exact) mass is 486 g/mol. The van der Waals surface area contributed by atoms with Crippen LogP contribution in [0, 0.1) is 11.3 Å². The minimum absolute atomic E-state index is 0. The minimum atomic E-state index is -0.113. The molecule has 0 radical (unpaired) electrons. The van der Waals surface area contributed by atoms with Crippen LogP contribution in [-0.4, -0.2) is 58.6 Å². The molecule has 27 heavy (non-hydrogen) atoms. The predicted octanol–water partition coefficient (Wildman–Crippen LogP) is -3.16. The molecule has 0 rings (SSSR count). The van der Waals surface area contributed by atoms with Gasteiger partial charge < -0.3 is 64.6 Å². The smallest absolute Gasteiger partial charge is 0.464 e. The van der Waals surface area contributed by atoms with Gasteiger partial charge in [0.2, 0.25) is 0 Å². The molecule has 0 spiro atoms. The van der Waals surface area contributed by atoms with E-state index in [0.29, 0.717) is 34.9 Å². The number of carbonyl (C=O) groups excluding carboxylic acids is 1. The average molecular weight is 487 g/mol. The Morgan fingerprint density at radius 2 is 1.81 bits per heavy atom. The maximum absolute atomic E-state index is 12.4. The first-order valence-electron chi connectivity index (χ1n) is 8.29. The zero-order valence-corrected chi connectivity index (χ0v) is 25.7. The number of nitrogens with one attached hydrogen (secondary N) is 1. The number of thiocarbonyl (C=S) groups is 2. The first kappa shape index (κ1) is 33.8. The Morgan fingerprint density at radius 3 is 2.26 bits per heavy atom. The van der Waals surface area contributed by atoms with Crippen molar-refractivity contribution in [2.24, 2.45) is 11.3 Å². The van der Waals surface area contributed by atoms with E-state index < -0.39 is 0 Å². The van der Waals surface area contributed by atoms with Crippen LogP contribution in [0.25, 0.3) is 0 Å². The normalized spacial score (nSPS) is 11.9. The topological polar surface area (TPSA) is 41.6 Å². The molecule has 2 unspecified atom stereocenters. The minimum Gasteiger partial charge on any atom is -0.464 e. The maximum Gasteiger partial charge on any atom is 1.00 e. The summed E-state index contributed by atoms with van der Waals surface area (Å²) in [6.45, 7) is 10.7. The van der Waals surface area contributed by atoms with E-state index in [9.17, 15) is 4.79 Å². The van der Waals surface area contributed by atoms with E-state index >= 15 is 0 Å². The van der Waals surface area contributed by atoms with Crippen LogP contribution < -0.4 is 64.4 Å². The van der Waals surface area contributed by atoms with Crippen molar-refractivity contribution in [3.63, 3.8) is 0 Å². The second-order valence-electron chi connectivity index (χ2n) is 7.01. The fourth-order valence-electron chi connectivity index (χ4n) is 2.35. The molecular weight excluding hydrogens is 457 g/mol. The second-order valence-corrected chi connectivity index (χ2v) is 10.2. The van der Waals surface area contributed by atoms with Gasteiger partial charge in [0.05, 0.1) is 12.5 Å².